The number of para-hydroxylation sites is 1. The third-order valence-electron chi connectivity index (χ3n) is 4.35. The second-order valence-electron chi connectivity index (χ2n) is 6.58. The molecule has 2 N–H and O–H groups in total. The van der Waals surface area contributed by atoms with Gasteiger partial charge in [-0.3, -0.25) is 20.4 Å². The molecule has 0 bridgehead atoms. The van der Waals surface area contributed by atoms with Crippen LogP contribution in [0.15, 0.2) is 66.1 Å². The van der Waals surface area contributed by atoms with Crippen molar-refractivity contribution in [2.45, 2.75) is 11.9 Å². The lowest BCUT2D eigenvalue weighted by atomic mass is 10.1. The summed E-state index contributed by atoms with van der Waals surface area (Å²) in [6, 6.07) is 14.4. The van der Waals surface area contributed by atoms with Crippen LogP contribution in [0.5, 0.6) is 0 Å². The van der Waals surface area contributed by atoms with Crippen molar-refractivity contribution in [3.05, 3.63) is 77.2 Å². The van der Waals surface area contributed by atoms with Gasteiger partial charge >= 0.3 is 0 Å². The van der Waals surface area contributed by atoms with E-state index in [2.05, 4.69) is 25.9 Å². The number of hydrogen-bond donors (Lipinski definition) is 2. The van der Waals surface area contributed by atoms with Gasteiger partial charge in [0.15, 0.2) is 5.65 Å². The number of rotatable bonds is 5. The van der Waals surface area contributed by atoms with Crippen molar-refractivity contribution in [3.63, 3.8) is 0 Å². The number of aryl methyl sites for hydroxylation is 1. The average molecular weight is 453 g/mol. The number of nitrogens with zero attached hydrogens (tertiary/aromatic N) is 4. The Balaban J connectivity index is 1.42. The third-order valence-corrected chi connectivity index (χ3v) is 5.67. The van der Waals surface area contributed by atoms with E-state index < -0.39 is 0 Å². The number of fused-ring (bicyclic) bond motifs is 1. The van der Waals surface area contributed by atoms with E-state index in [0.717, 1.165) is 5.56 Å². The van der Waals surface area contributed by atoms with Gasteiger partial charge in [0.2, 0.25) is 5.91 Å². The van der Waals surface area contributed by atoms with E-state index >= 15 is 0 Å². The molecule has 0 atom stereocenters. The van der Waals surface area contributed by atoms with Crippen LogP contribution >= 0.6 is 23.4 Å². The van der Waals surface area contributed by atoms with Crippen LogP contribution in [0.25, 0.3) is 16.7 Å². The minimum atomic E-state index is -0.382. The van der Waals surface area contributed by atoms with Crippen LogP contribution in [-0.4, -0.2) is 37.3 Å². The van der Waals surface area contributed by atoms with Crippen molar-refractivity contribution >= 4 is 46.2 Å². The first-order chi connectivity index (χ1) is 15.0. The molecule has 0 aliphatic rings. The van der Waals surface area contributed by atoms with E-state index in [0.29, 0.717) is 32.3 Å². The highest BCUT2D eigenvalue weighted by Crippen LogP contribution is 2.27. The number of thioether (sulfide) groups is 1. The smallest absolute Gasteiger partial charge is 0.269 e. The summed E-state index contributed by atoms with van der Waals surface area (Å²) in [7, 11) is 0. The molecule has 2 amide bonds. The Kier molecular flexibility index (Phi) is 6.15. The molecule has 0 fully saturated rings. The molecule has 0 radical (unpaired) electrons. The van der Waals surface area contributed by atoms with Crippen LogP contribution in [0.1, 0.15) is 15.9 Å². The van der Waals surface area contributed by atoms with Crippen LogP contribution in [0, 0.1) is 6.92 Å². The van der Waals surface area contributed by atoms with E-state index in [4.69, 9.17) is 11.6 Å². The first-order valence-electron chi connectivity index (χ1n) is 9.25. The quantitative estimate of drug-likeness (QED) is 0.273. The molecule has 4 aromatic rings. The first kappa shape index (κ1) is 20.8. The Morgan fingerprint density at radius 2 is 1.94 bits per heavy atom. The fraction of sp³-hybridized carbons (Fsp3) is 0.0952. The third kappa shape index (κ3) is 4.68. The maximum Gasteiger partial charge on any atom is 0.269 e. The molecule has 2 aromatic heterocycles. The Labute approximate surface area is 187 Å². The summed E-state index contributed by atoms with van der Waals surface area (Å²) < 4.78 is 1.63. The molecule has 0 unspecified atom stereocenters. The molecule has 0 aliphatic heterocycles. The number of hydrogen-bond acceptors (Lipinski definition) is 6. The molecule has 10 heteroatoms. The van der Waals surface area contributed by atoms with Crippen molar-refractivity contribution in [2.24, 2.45) is 0 Å². The molecule has 0 aliphatic carbocycles. The Bertz CT molecular complexity index is 1280. The predicted octanol–water partition coefficient (Wildman–Crippen LogP) is 3.33. The van der Waals surface area contributed by atoms with E-state index in [1.807, 2.05) is 31.2 Å². The van der Waals surface area contributed by atoms with Gasteiger partial charge in [-0.05, 0) is 31.2 Å². The summed E-state index contributed by atoms with van der Waals surface area (Å²) in [5.41, 5.74) is 7.54. The van der Waals surface area contributed by atoms with Gasteiger partial charge in [0.1, 0.15) is 11.4 Å². The fourth-order valence-electron chi connectivity index (χ4n) is 2.89. The average Bonchev–Trinajstić information content (AvgIpc) is 3.21. The van der Waals surface area contributed by atoms with Gasteiger partial charge in [0.25, 0.3) is 5.91 Å². The molecule has 2 heterocycles. The summed E-state index contributed by atoms with van der Waals surface area (Å²) in [6.07, 6.45) is 3.05. The van der Waals surface area contributed by atoms with E-state index in [-0.39, 0.29) is 17.6 Å². The zero-order valence-corrected chi connectivity index (χ0v) is 17.9. The summed E-state index contributed by atoms with van der Waals surface area (Å²) in [4.78, 5) is 32.9. The summed E-state index contributed by atoms with van der Waals surface area (Å²) in [5.74, 6) is -0.693. The monoisotopic (exact) mass is 452 g/mol. The number of nitrogens with one attached hydrogen (secondary N) is 2. The molecular weight excluding hydrogens is 436 g/mol. The van der Waals surface area contributed by atoms with Crippen molar-refractivity contribution in [1.82, 2.24) is 30.6 Å². The highest BCUT2D eigenvalue weighted by atomic mass is 35.5. The van der Waals surface area contributed by atoms with Gasteiger partial charge < -0.3 is 0 Å². The minimum Gasteiger partial charge on any atom is -0.272 e. The molecule has 2 aromatic carbocycles. The van der Waals surface area contributed by atoms with Crippen LogP contribution < -0.4 is 10.9 Å². The molecule has 0 spiro atoms. The summed E-state index contributed by atoms with van der Waals surface area (Å²) in [6.45, 7) is 1.89. The highest BCUT2D eigenvalue weighted by Gasteiger charge is 2.15. The molecule has 4 rings (SSSR count). The van der Waals surface area contributed by atoms with Crippen molar-refractivity contribution < 1.29 is 9.59 Å². The van der Waals surface area contributed by atoms with Crippen LogP contribution in [0.3, 0.4) is 0 Å². The lowest BCUT2D eigenvalue weighted by Crippen LogP contribution is -2.42. The summed E-state index contributed by atoms with van der Waals surface area (Å²) >= 11 is 7.49. The zero-order chi connectivity index (χ0) is 21.8. The first-order valence-corrected chi connectivity index (χ1v) is 10.6. The molecule has 0 saturated carbocycles. The topological polar surface area (TPSA) is 102 Å². The summed E-state index contributed by atoms with van der Waals surface area (Å²) in [5, 5.41) is 6.22. The lowest BCUT2D eigenvalue weighted by molar-refractivity contribution is -0.119. The number of halogens is 1. The van der Waals surface area contributed by atoms with Gasteiger partial charge in [0, 0.05) is 5.56 Å². The standard InChI is InChI=1S/C21H17ClN6O2S/c1-13-5-4-6-14(9-13)20(30)27-26-18(29)11-31-21-15-10-25-28(19(15)23-12-24-21)17-8-3-2-7-16(17)22/h2-10,12H,11H2,1H3,(H,26,29)(H,27,30). The van der Waals surface area contributed by atoms with Gasteiger partial charge in [-0.2, -0.15) is 5.10 Å². The fourth-order valence-corrected chi connectivity index (χ4v) is 3.87. The lowest BCUT2D eigenvalue weighted by Gasteiger charge is -2.08. The van der Waals surface area contributed by atoms with Gasteiger partial charge in [-0.15, -0.1) is 0 Å². The molecule has 0 saturated heterocycles. The number of benzene rings is 2. The Hall–Kier alpha value is -3.43. The number of amides is 2. The Morgan fingerprint density at radius 1 is 1.10 bits per heavy atom. The Morgan fingerprint density at radius 3 is 2.74 bits per heavy atom. The second-order valence-corrected chi connectivity index (χ2v) is 7.96. The predicted molar refractivity (Wildman–Crippen MR) is 119 cm³/mol. The minimum absolute atomic E-state index is 0.0531. The van der Waals surface area contributed by atoms with Crippen molar-refractivity contribution in [1.29, 1.82) is 0 Å². The number of hydrazine groups is 1. The number of carbonyl (C=O) groups excluding carboxylic acids is 2. The van der Waals surface area contributed by atoms with Crippen molar-refractivity contribution in [3.8, 4) is 5.69 Å². The normalized spacial score (nSPS) is 10.8. The molecule has 31 heavy (non-hydrogen) atoms. The van der Waals surface area contributed by atoms with Crippen molar-refractivity contribution in [2.75, 3.05) is 5.75 Å². The second kappa shape index (κ2) is 9.15. The highest BCUT2D eigenvalue weighted by molar-refractivity contribution is 8.00. The maximum atomic E-state index is 12.2. The molecular formula is C21H17ClN6O2S. The van der Waals surface area contributed by atoms with E-state index in [9.17, 15) is 9.59 Å². The van der Waals surface area contributed by atoms with Crippen LogP contribution in [0.2, 0.25) is 5.02 Å². The largest absolute Gasteiger partial charge is 0.272 e. The van der Waals surface area contributed by atoms with Crippen LogP contribution in [-0.2, 0) is 4.79 Å². The maximum absolute atomic E-state index is 12.2. The van der Waals surface area contributed by atoms with Gasteiger partial charge in [0.05, 0.1) is 28.0 Å². The van der Waals surface area contributed by atoms with E-state index in [1.54, 1.807) is 35.1 Å². The van der Waals surface area contributed by atoms with Crippen LogP contribution in [0.4, 0.5) is 0 Å². The van der Waals surface area contributed by atoms with Gasteiger partial charge in [-0.1, -0.05) is 53.2 Å². The van der Waals surface area contributed by atoms with Gasteiger partial charge in [-0.25, -0.2) is 14.6 Å². The molecule has 156 valence electrons. The van der Waals surface area contributed by atoms with E-state index in [1.165, 1.54) is 18.1 Å². The molecule has 8 nitrogen and oxygen atoms in total. The zero-order valence-electron chi connectivity index (χ0n) is 16.4. The SMILES string of the molecule is Cc1cccc(C(=O)NNC(=O)CSc2ncnc3c2cnn3-c2ccccc2Cl)c1. The number of carbonyl (C=O) groups is 2. The number of aromatic nitrogens is 4.